The van der Waals surface area contributed by atoms with E-state index < -0.39 is 0 Å². The van der Waals surface area contributed by atoms with E-state index in [1.165, 1.54) is 70.0 Å². The molecule has 1 aromatic heterocycles. The monoisotopic (exact) mass is 250 g/mol. The highest BCUT2D eigenvalue weighted by Crippen LogP contribution is 2.24. The first-order chi connectivity index (χ1) is 8.88. The summed E-state index contributed by atoms with van der Waals surface area (Å²) in [6.45, 7) is 4.54. The van der Waals surface area contributed by atoms with Gasteiger partial charge in [0.1, 0.15) is 5.82 Å². The van der Waals surface area contributed by atoms with Crippen LogP contribution in [0.1, 0.15) is 89.8 Å². The van der Waals surface area contributed by atoms with E-state index in [0.29, 0.717) is 5.92 Å². The fourth-order valence-electron chi connectivity index (χ4n) is 2.61. The SMILES string of the molecule is CCCCCCCCCC(CCC)c1ncc[nH]1. The van der Waals surface area contributed by atoms with Gasteiger partial charge in [-0.2, -0.15) is 0 Å². The second kappa shape index (κ2) is 10.2. The van der Waals surface area contributed by atoms with Crippen molar-refractivity contribution in [2.75, 3.05) is 0 Å². The van der Waals surface area contributed by atoms with Crippen LogP contribution in [0.3, 0.4) is 0 Å². The molecule has 2 heteroatoms. The van der Waals surface area contributed by atoms with E-state index in [1.54, 1.807) is 0 Å². The third-order valence-electron chi connectivity index (χ3n) is 3.70. The Balaban J connectivity index is 2.11. The number of aromatic amines is 1. The average Bonchev–Trinajstić information content (AvgIpc) is 2.90. The Morgan fingerprint density at radius 1 is 0.944 bits per heavy atom. The number of rotatable bonds is 11. The highest BCUT2D eigenvalue weighted by molar-refractivity contribution is 4.96. The summed E-state index contributed by atoms with van der Waals surface area (Å²) in [7, 11) is 0. The minimum Gasteiger partial charge on any atom is -0.348 e. The van der Waals surface area contributed by atoms with Crippen LogP contribution in [0.25, 0.3) is 0 Å². The molecule has 1 atom stereocenters. The summed E-state index contributed by atoms with van der Waals surface area (Å²) in [5.41, 5.74) is 0. The summed E-state index contributed by atoms with van der Waals surface area (Å²) in [4.78, 5) is 7.70. The molecule has 1 N–H and O–H groups in total. The molecule has 104 valence electrons. The fraction of sp³-hybridized carbons (Fsp3) is 0.812. The van der Waals surface area contributed by atoms with Crippen molar-refractivity contribution in [1.82, 2.24) is 9.97 Å². The number of imidazole rings is 1. The minimum atomic E-state index is 0.653. The number of nitrogens with zero attached hydrogens (tertiary/aromatic N) is 1. The fourth-order valence-corrected chi connectivity index (χ4v) is 2.61. The normalized spacial score (nSPS) is 12.8. The molecule has 18 heavy (non-hydrogen) atoms. The minimum absolute atomic E-state index is 0.653. The maximum atomic E-state index is 4.42. The van der Waals surface area contributed by atoms with E-state index in [-0.39, 0.29) is 0 Å². The number of aromatic nitrogens is 2. The van der Waals surface area contributed by atoms with E-state index in [0.717, 1.165) is 0 Å². The smallest absolute Gasteiger partial charge is 0.109 e. The molecule has 0 radical (unpaired) electrons. The number of hydrogen-bond donors (Lipinski definition) is 1. The Kier molecular flexibility index (Phi) is 8.62. The number of hydrogen-bond acceptors (Lipinski definition) is 1. The molecule has 1 rings (SSSR count). The van der Waals surface area contributed by atoms with E-state index in [2.05, 4.69) is 23.8 Å². The molecule has 2 nitrogen and oxygen atoms in total. The molecule has 0 aliphatic heterocycles. The van der Waals surface area contributed by atoms with Crippen molar-refractivity contribution in [3.8, 4) is 0 Å². The van der Waals surface area contributed by atoms with Gasteiger partial charge in [0.25, 0.3) is 0 Å². The molecule has 0 bridgehead atoms. The Bertz CT molecular complexity index is 267. The first-order valence-corrected chi connectivity index (χ1v) is 7.87. The average molecular weight is 250 g/mol. The van der Waals surface area contributed by atoms with Gasteiger partial charge in [-0.3, -0.25) is 0 Å². The van der Waals surface area contributed by atoms with Gasteiger partial charge in [-0.25, -0.2) is 4.98 Å². The van der Waals surface area contributed by atoms with E-state index in [4.69, 9.17) is 0 Å². The summed E-state index contributed by atoms with van der Waals surface area (Å²) in [6, 6.07) is 0. The second-order valence-electron chi connectivity index (χ2n) is 5.37. The van der Waals surface area contributed by atoms with E-state index in [1.807, 2.05) is 12.4 Å². The van der Waals surface area contributed by atoms with Crippen LogP contribution < -0.4 is 0 Å². The molecular weight excluding hydrogens is 220 g/mol. The van der Waals surface area contributed by atoms with E-state index >= 15 is 0 Å². The molecule has 0 spiro atoms. The Labute approximate surface area is 113 Å². The van der Waals surface area contributed by atoms with Crippen molar-refractivity contribution in [3.63, 3.8) is 0 Å². The Hall–Kier alpha value is -0.790. The van der Waals surface area contributed by atoms with Crippen molar-refractivity contribution in [2.45, 2.75) is 84.0 Å². The maximum Gasteiger partial charge on any atom is 0.109 e. The van der Waals surface area contributed by atoms with Crippen LogP contribution >= 0.6 is 0 Å². The van der Waals surface area contributed by atoms with Crippen LogP contribution in [-0.2, 0) is 0 Å². The predicted molar refractivity (Wildman–Crippen MR) is 78.8 cm³/mol. The molecule has 1 heterocycles. The first kappa shape index (κ1) is 15.3. The summed E-state index contributed by atoms with van der Waals surface area (Å²) < 4.78 is 0. The highest BCUT2D eigenvalue weighted by atomic mass is 14.9. The lowest BCUT2D eigenvalue weighted by Gasteiger charge is -2.13. The van der Waals surface area contributed by atoms with Crippen molar-refractivity contribution >= 4 is 0 Å². The van der Waals surface area contributed by atoms with Crippen LogP contribution in [-0.4, -0.2) is 9.97 Å². The lowest BCUT2D eigenvalue weighted by atomic mass is 9.95. The molecule has 0 saturated carbocycles. The summed E-state index contributed by atoms with van der Waals surface area (Å²) in [5.74, 6) is 1.85. The first-order valence-electron chi connectivity index (χ1n) is 7.87. The molecule has 1 unspecified atom stereocenters. The van der Waals surface area contributed by atoms with Gasteiger partial charge >= 0.3 is 0 Å². The maximum absolute atomic E-state index is 4.42. The van der Waals surface area contributed by atoms with Gasteiger partial charge in [0.15, 0.2) is 0 Å². The zero-order valence-corrected chi connectivity index (χ0v) is 12.3. The Morgan fingerprint density at radius 2 is 1.67 bits per heavy atom. The molecular formula is C16H30N2. The second-order valence-corrected chi connectivity index (χ2v) is 5.37. The summed E-state index contributed by atoms with van der Waals surface area (Å²) >= 11 is 0. The van der Waals surface area contributed by atoms with Crippen molar-refractivity contribution < 1.29 is 0 Å². The van der Waals surface area contributed by atoms with Crippen LogP contribution in [0.15, 0.2) is 12.4 Å². The standard InChI is InChI=1S/C16H30N2/c1-3-5-6-7-8-9-10-12-15(11-4-2)16-17-13-14-18-16/h13-15H,3-12H2,1-2H3,(H,17,18). The topological polar surface area (TPSA) is 28.7 Å². The molecule has 1 aromatic rings. The van der Waals surface area contributed by atoms with Gasteiger partial charge in [0.05, 0.1) is 0 Å². The van der Waals surface area contributed by atoms with Gasteiger partial charge < -0.3 is 4.98 Å². The lowest BCUT2D eigenvalue weighted by Crippen LogP contribution is -2.01. The molecule has 0 aliphatic carbocycles. The van der Waals surface area contributed by atoms with Crippen molar-refractivity contribution in [3.05, 3.63) is 18.2 Å². The highest BCUT2D eigenvalue weighted by Gasteiger charge is 2.12. The van der Waals surface area contributed by atoms with Crippen LogP contribution in [0.4, 0.5) is 0 Å². The zero-order chi connectivity index (χ0) is 13.1. The van der Waals surface area contributed by atoms with Gasteiger partial charge in [0, 0.05) is 18.3 Å². The quantitative estimate of drug-likeness (QED) is 0.521. The number of unbranched alkanes of at least 4 members (excludes halogenated alkanes) is 6. The predicted octanol–water partition coefficient (Wildman–Crippen LogP) is 5.43. The number of H-pyrrole nitrogens is 1. The van der Waals surface area contributed by atoms with Crippen LogP contribution in [0.2, 0.25) is 0 Å². The lowest BCUT2D eigenvalue weighted by molar-refractivity contribution is 0.496. The van der Waals surface area contributed by atoms with Crippen molar-refractivity contribution in [2.24, 2.45) is 0 Å². The van der Waals surface area contributed by atoms with Crippen molar-refractivity contribution in [1.29, 1.82) is 0 Å². The van der Waals surface area contributed by atoms with Crippen LogP contribution in [0.5, 0.6) is 0 Å². The summed E-state index contributed by atoms with van der Waals surface area (Å²) in [5, 5.41) is 0. The third kappa shape index (κ3) is 6.23. The molecule has 0 fully saturated rings. The molecule has 0 amide bonds. The van der Waals surface area contributed by atoms with Gasteiger partial charge in [-0.1, -0.05) is 65.2 Å². The molecule has 0 aromatic carbocycles. The molecule has 0 saturated heterocycles. The summed E-state index contributed by atoms with van der Waals surface area (Å²) in [6.07, 6.45) is 17.4. The van der Waals surface area contributed by atoms with Gasteiger partial charge in [0.2, 0.25) is 0 Å². The zero-order valence-electron chi connectivity index (χ0n) is 12.3. The van der Waals surface area contributed by atoms with Crippen LogP contribution in [0, 0.1) is 0 Å². The van der Waals surface area contributed by atoms with Gasteiger partial charge in [-0.05, 0) is 12.8 Å². The molecule has 0 aliphatic rings. The number of nitrogens with one attached hydrogen (secondary N) is 1. The van der Waals surface area contributed by atoms with E-state index in [9.17, 15) is 0 Å². The largest absolute Gasteiger partial charge is 0.348 e. The Morgan fingerprint density at radius 3 is 2.28 bits per heavy atom. The van der Waals surface area contributed by atoms with Gasteiger partial charge in [-0.15, -0.1) is 0 Å². The third-order valence-corrected chi connectivity index (χ3v) is 3.70.